The Balaban J connectivity index is 1.69. The SMILES string of the molecule is N#CCCCOC(=C1C2CC3CC(C2)CC1C3)c1ccccc1O. The fourth-order valence-corrected chi connectivity index (χ4v) is 5.37. The van der Waals surface area contributed by atoms with E-state index in [1.807, 2.05) is 18.2 Å². The molecule has 4 saturated carbocycles. The Morgan fingerprint density at radius 2 is 1.75 bits per heavy atom. The molecule has 3 nitrogen and oxygen atoms in total. The number of benzene rings is 1. The molecule has 0 unspecified atom stereocenters. The van der Waals surface area contributed by atoms with Crippen LogP contribution < -0.4 is 0 Å². The fraction of sp³-hybridized carbons (Fsp3) is 0.571. The van der Waals surface area contributed by atoms with Crippen LogP contribution in [0.15, 0.2) is 29.8 Å². The molecular weight excluding hydrogens is 298 g/mol. The van der Waals surface area contributed by atoms with Gasteiger partial charge in [-0.05, 0) is 79.9 Å². The number of hydrogen-bond acceptors (Lipinski definition) is 3. The van der Waals surface area contributed by atoms with Crippen molar-refractivity contribution in [3.05, 3.63) is 35.4 Å². The number of para-hydroxylation sites is 1. The highest BCUT2D eigenvalue weighted by Crippen LogP contribution is 2.58. The van der Waals surface area contributed by atoms with Crippen LogP contribution in [-0.4, -0.2) is 11.7 Å². The zero-order valence-electron chi connectivity index (χ0n) is 14.1. The predicted molar refractivity (Wildman–Crippen MR) is 92.9 cm³/mol. The number of phenols is 1. The Labute approximate surface area is 143 Å². The van der Waals surface area contributed by atoms with Crippen LogP contribution in [0.2, 0.25) is 0 Å². The normalized spacial score (nSPS) is 30.2. The highest BCUT2D eigenvalue weighted by Gasteiger charge is 2.46. The topological polar surface area (TPSA) is 53.2 Å². The zero-order valence-corrected chi connectivity index (χ0v) is 14.1. The molecule has 0 aliphatic heterocycles. The van der Waals surface area contributed by atoms with E-state index in [4.69, 9.17) is 10.00 Å². The van der Waals surface area contributed by atoms with Gasteiger partial charge in [0.15, 0.2) is 0 Å². The van der Waals surface area contributed by atoms with Crippen LogP contribution in [0, 0.1) is 35.0 Å². The Bertz CT molecular complexity index is 655. The van der Waals surface area contributed by atoms with E-state index in [1.54, 1.807) is 6.07 Å². The number of phenolic OH excluding ortho intramolecular Hbond substituents is 1. The standard InChI is InChI=1S/C21H25NO2/c22-7-3-4-8-24-21(18-5-1-2-6-19(18)23)20-16-10-14-9-15(12-16)13-17(20)11-14/h1-2,5-6,14-17,23H,3-4,8-13H2. The second-order valence-corrected chi connectivity index (χ2v) is 7.72. The van der Waals surface area contributed by atoms with Crippen LogP contribution in [0.25, 0.3) is 5.76 Å². The number of allylic oxidation sites excluding steroid dienone is 1. The largest absolute Gasteiger partial charge is 0.507 e. The van der Waals surface area contributed by atoms with Crippen molar-refractivity contribution in [1.82, 2.24) is 0 Å². The van der Waals surface area contributed by atoms with Crippen molar-refractivity contribution in [2.45, 2.75) is 44.9 Å². The van der Waals surface area contributed by atoms with Crippen LogP contribution in [0.4, 0.5) is 0 Å². The third-order valence-electron chi connectivity index (χ3n) is 6.11. The third-order valence-corrected chi connectivity index (χ3v) is 6.11. The van der Waals surface area contributed by atoms with Crippen molar-refractivity contribution < 1.29 is 9.84 Å². The van der Waals surface area contributed by atoms with Crippen molar-refractivity contribution in [2.75, 3.05) is 6.61 Å². The molecule has 4 aliphatic carbocycles. The van der Waals surface area contributed by atoms with E-state index in [1.165, 1.54) is 37.7 Å². The lowest BCUT2D eigenvalue weighted by molar-refractivity contribution is 0.0665. The fourth-order valence-electron chi connectivity index (χ4n) is 5.37. The van der Waals surface area contributed by atoms with Crippen molar-refractivity contribution >= 4 is 5.76 Å². The van der Waals surface area contributed by atoms with Gasteiger partial charge in [-0.1, -0.05) is 12.1 Å². The highest BCUT2D eigenvalue weighted by molar-refractivity contribution is 5.69. The van der Waals surface area contributed by atoms with Crippen LogP contribution >= 0.6 is 0 Å². The van der Waals surface area contributed by atoms with E-state index in [9.17, 15) is 5.11 Å². The van der Waals surface area contributed by atoms with Gasteiger partial charge in [-0.25, -0.2) is 0 Å². The molecule has 24 heavy (non-hydrogen) atoms. The molecule has 4 bridgehead atoms. The Hall–Kier alpha value is -1.95. The molecule has 1 aromatic rings. The van der Waals surface area contributed by atoms with E-state index in [0.29, 0.717) is 30.6 Å². The number of ether oxygens (including phenoxy) is 1. The molecule has 0 heterocycles. The second-order valence-electron chi connectivity index (χ2n) is 7.72. The molecule has 4 aliphatic rings. The molecule has 0 spiro atoms. The van der Waals surface area contributed by atoms with Crippen molar-refractivity contribution in [3.8, 4) is 11.8 Å². The maximum Gasteiger partial charge on any atom is 0.129 e. The smallest absolute Gasteiger partial charge is 0.129 e. The zero-order chi connectivity index (χ0) is 16.5. The first-order chi connectivity index (χ1) is 11.8. The van der Waals surface area contributed by atoms with Gasteiger partial charge in [-0.2, -0.15) is 5.26 Å². The summed E-state index contributed by atoms with van der Waals surface area (Å²) in [5.74, 6) is 4.29. The van der Waals surface area contributed by atoms with Crippen molar-refractivity contribution in [3.63, 3.8) is 0 Å². The molecular formula is C21H25NO2. The number of rotatable bonds is 5. The molecule has 126 valence electrons. The van der Waals surface area contributed by atoms with Crippen molar-refractivity contribution in [2.24, 2.45) is 23.7 Å². The average molecular weight is 323 g/mol. The molecule has 0 radical (unpaired) electrons. The first-order valence-electron chi connectivity index (χ1n) is 9.28. The summed E-state index contributed by atoms with van der Waals surface area (Å²) in [5, 5.41) is 19.1. The molecule has 0 saturated heterocycles. The monoisotopic (exact) mass is 323 g/mol. The van der Waals surface area contributed by atoms with Gasteiger partial charge in [-0.15, -0.1) is 0 Å². The minimum atomic E-state index is 0.300. The van der Waals surface area contributed by atoms with E-state index < -0.39 is 0 Å². The first-order valence-corrected chi connectivity index (χ1v) is 9.28. The average Bonchev–Trinajstić information content (AvgIpc) is 2.56. The van der Waals surface area contributed by atoms with Gasteiger partial charge in [-0.3, -0.25) is 0 Å². The summed E-state index contributed by atoms with van der Waals surface area (Å²) in [6, 6.07) is 9.70. The van der Waals surface area contributed by atoms with Gasteiger partial charge in [0, 0.05) is 6.42 Å². The Morgan fingerprint density at radius 3 is 2.38 bits per heavy atom. The molecule has 4 fully saturated rings. The van der Waals surface area contributed by atoms with Gasteiger partial charge in [0.25, 0.3) is 0 Å². The number of nitriles is 1. The summed E-state index contributed by atoms with van der Waals surface area (Å²) in [6.45, 7) is 0.549. The molecule has 0 atom stereocenters. The summed E-state index contributed by atoms with van der Waals surface area (Å²) in [6.07, 6.45) is 7.85. The van der Waals surface area contributed by atoms with Crippen LogP contribution in [-0.2, 0) is 4.74 Å². The minimum absolute atomic E-state index is 0.300. The molecule has 0 amide bonds. The van der Waals surface area contributed by atoms with E-state index >= 15 is 0 Å². The summed E-state index contributed by atoms with van der Waals surface area (Å²) in [4.78, 5) is 0. The lowest BCUT2D eigenvalue weighted by Gasteiger charge is -2.51. The number of aromatic hydroxyl groups is 1. The number of nitrogens with zero attached hydrogens (tertiary/aromatic N) is 1. The lowest BCUT2D eigenvalue weighted by Crippen LogP contribution is -2.41. The van der Waals surface area contributed by atoms with E-state index in [-0.39, 0.29) is 0 Å². The maximum absolute atomic E-state index is 10.4. The summed E-state index contributed by atoms with van der Waals surface area (Å²) in [5.41, 5.74) is 2.29. The predicted octanol–water partition coefficient (Wildman–Crippen LogP) is 4.88. The Morgan fingerprint density at radius 1 is 1.08 bits per heavy atom. The number of hydrogen-bond donors (Lipinski definition) is 1. The van der Waals surface area contributed by atoms with Crippen LogP contribution in [0.3, 0.4) is 0 Å². The van der Waals surface area contributed by atoms with Gasteiger partial charge in [0.2, 0.25) is 0 Å². The van der Waals surface area contributed by atoms with Gasteiger partial charge < -0.3 is 9.84 Å². The molecule has 1 N–H and O–H groups in total. The van der Waals surface area contributed by atoms with Crippen LogP contribution in [0.1, 0.15) is 50.5 Å². The van der Waals surface area contributed by atoms with Crippen molar-refractivity contribution in [1.29, 1.82) is 5.26 Å². The minimum Gasteiger partial charge on any atom is -0.507 e. The van der Waals surface area contributed by atoms with Gasteiger partial charge >= 0.3 is 0 Å². The quantitative estimate of drug-likeness (QED) is 0.620. The van der Waals surface area contributed by atoms with E-state index in [2.05, 4.69) is 6.07 Å². The third kappa shape index (κ3) is 2.79. The molecule has 3 heteroatoms. The Kier molecular flexibility index (Phi) is 4.22. The van der Waals surface area contributed by atoms with Gasteiger partial charge in [0.1, 0.15) is 11.5 Å². The van der Waals surface area contributed by atoms with Crippen LogP contribution in [0.5, 0.6) is 5.75 Å². The maximum atomic E-state index is 10.4. The summed E-state index contributed by atoms with van der Waals surface area (Å²) < 4.78 is 6.21. The number of unbranched alkanes of at least 4 members (excludes halogenated alkanes) is 1. The first kappa shape index (κ1) is 15.6. The summed E-state index contributed by atoms with van der Waals surface area (Å²) in [7, 11) is 0. The highest BCUT2D eigenvalue weighted by atomic mass is 16.5. The lowest BCUT2D eigenvalue weighted by atomic mass is 9.54. The molecule has 0 aromatic heterocycles. The second kappa shape index (κ2) is 6.51. The molecule has 1 aromatic carbocycles. The molecule has 5 rings (SSSR count). The summed E-state index contributed by atoms with van der Waals surface area (Å²) >= 11 is 0. The van der Waals surface area contributed by atoms with E-state index in [0.717, 1.165) is 29.6 Å². The van der Waals surface area contributed by atoms with Gasteiger partial charge in [0.05, 0.1) is 18.2 Å².